The molecular formula is C28H21N7O6S. The maximum atomic E-state index is 13.1. The highest BCUT2D eigenvalue weighted by Crippen LogP contribution is 2.36. The summed E-state index contributed by atoms with van der Waals surface area (Å²) in [7, 11) is -3.40. The lowest BCUT2D eigenvalue weighted by atomic mass is 10.1. The van der Waals surface area contributed by atoms with E-state index in [2.05, 4.69) is 30.7 Å². The van der Waals surface area contributed by atoms with Crippen LogP contribution in [0.4, 0.5) is 16.3 Å². The molecule has 0 unspecified atom stereocenters. The van der Waals surface area contributed by atoms with Crippen LogP contribution in [0, 0.1) is 0 Å². The van der Waals surface area contributed by atoms with Crippen LogP contribution in [0.15, 0.2) is 94.9 Å². The average molecular weight is 584 g/mol. The SMILES string of the molecule is CS(=O)(=O)c1ccc(-n2nc(O)cc2NC(=O)Nc2ccc(Oc3ccnc4[nH]c(=O)cnc34)c3ccccc23)cc1. The number of hydrogen-bond donors (Lipinski definition) is 4. The Kier molecular flexibility index (Phi) is 6.51. The number of carbonyl (C=O) groups is 1. The number of aromatic hydroxyl groups is 1. The molecule has 0 radical (unpaired) electrons. The van der Waals surface area contributed by atoms with Crippen LogP contribution in [0.5, 0.6) is 17.4 Å². The molecule has 4 N–H and O–H groups in total. The van der Waals surface area contributed by atoms with E-state index in [0.717, 1.165) is 12.5 Å². The fourth-order valence-electron chi connectivity index (χ4n) is 4.35. The third-order valence-electron chi connectivity index (χ3n) is 6.24. The fraction of sp³-hybridized carbons (Fsp3) is 0.0357. The lowest BCUT2D eigenvalue weighted by Gasteiger charge is -2.14. The van der Waals surface area contributed by atoms with E-state index in [0.29, 0.717) is 39.2 Å². The first-order valence-electron chi connectivity index (χ1n) is 12.4. The molecule has 3 aromatic carbocycles. The van der Waals surface area contributed by atoms with Crippen LogP contribution in [0.3, 0.4) is 0 Å². The molecule has 3 aromatic heterocycles. The number of sulfone groups is 1. The number of carbonyl (C=O) groups excluding carboxylic acids is 1. The molecule has 0 saturated heterocycles. The summed E-state index contributed by atoms with van der Waals surface area (Å²) < 4.78 is 31.0. The number of pyridine rings is 1. The third kappa shape index (κ3) is 5.21. The van der Waals surface area contributed by atoms with Gasteiger partial charge < -0.3 is 20.1 Å². The predicted octanol–water partition coefficient (Wildman–Crippen LogP) is 4.20. The number of aromatic amines is 1. The number of amides is 2. The predicted molar refractivity (Wildman–Crippen MR) is 155 cm³/mol. The van der Waals surface area contributed by atoms with E-state index < -0.39 is 15.9 Å². The molecule has 210 valence electrons. The normalized spacial score (nSPS) is 11.5. The number of ether oxygens (including phenoxy) is 1. The van der Waals surface area contributed by atoms with E-state index in [1.54, 1.807) is 18.2 Å². The Morgan fingerprint density at radius 2 is 1.71 bits per heavy atom. The van der Waals surface area contributed by atoms with Crippen LogP contribution in [0.1, 0.15) is 0 Å². The highest BCUT2D eigenvalue weighted by Gasteiger charge is 2.16. The number of H-pyrrole nitrogens is 1. The molecule has 0 aliphatic heterocycles. The number of nitrogens with one attached hydrogen (secondary N) is 3. The molecule has 0 bridgehead atoms. The van der Waals surface area contributed by atoms with Crippen molar-refractivity contribution < 1.29 is 23.1 Å². The lowest BCUT2D eigenvalue weighted by molar-refractivity contribution is 0.262. The largest absolute Gasteiger partial charge is 0.492 e. The van der Waals surface area contributed by atoms with E-state index >= 15 is 0 Å². The summed E-state index contributed by atoms with van der Waals surface area (Å²) in [5.41, 5.74) is 1.19. The Labute approximate surface area is 237 Å². The number of anilines is 2. The monoisotopic (exact) mass is 583 g/mol. The Morgan fingerprint density at radius 3 is 2.48 bits per heavy atom. The van der Waals surface area contributed by atoms with Crippen molar-refractivity contribution in [3.05, 3.63) is 95.5 Å². The highest BCUT2D eigenvalue weighted by molar-refractivity contribution is 7.90. The minimum atomic E-state index is -3.40. The molecule has 6 aromatic rings. The zero-order valence-corrected chi connectivity index (χ0v) is 22.6. The van der Waals surface area contributed by atoms with Crippen molar-refractivity contribution in [2.24, 2.45) is 0 Å². The standard InChI is InChI=1S/C28H21N7O6S/c1-42(39,40)17-8-6-16(7-9-17)35-23(14-24(36)34-35)32-28(38)31-20-10-11-21(19-5-3-2-4-18(19)20)41-22-12-13-29-27-26(22)30-15-25(37)33-27/h2-15H,1H3,(H,34,36)(H,29,33,37)(H2,31,32,38). The van der Waals surface area contributed by atoms with Gasteiger partial charge in [-0.2, -0.15) is 0 Å². The molecule has 0 spiro atoms. The van der Waals surface area contributed by atoms with E-state index in [4.69, 9.17) is 4.74 Å². The van der Waals surface area contributed by atoms with Crippen LogP contribution in [0.25, 0.3) is 27.6 Å². The molecule has 0 aliphatic rings. The number of rotatable bonds is 6. The molecule has 2 amide bonds. The van der Waals surface area contributed by atoms with Crippen molar-refractivity contribution in [3.63, 3.8) is 0 Å². The average Bonchev–Trinajstić information content (AvgIpc) is 3.33. The highest BCUT2D eigenvalue weighted by atomic mass is 32.2. The molecule has 0 fully saturated rings. The number of benzene rings is 3. The third-order valence-corrected chi connectivity index (χ3v) is 7.37. The van der Waals surface area contributed by atoms with Gasteiger partial charge in [0.15, 0.2) is 21.2 Å². The molecule has 0 aliphatic carbocycles. The summed E-state index contributed by atoms with van der Waals surface area (Å²) in [5, 5.41) is 20.9. The Bertz CT molecular complexity index is 2160. The van der Waals surface area contributed by atoms with Gasteiger partial charge in [0.2, 0.25) is 5.88 Å². The van der Waals surface area contributed by atoms with E-state index in [-0.39, 0.29) is 27.8 Å². The van der Waals surface area contributed by atoms with Crippen molar-refractivity contribution in [2.45, 2.75) is 4.90 Å². The van der Waals surface area contributed by atoms with Crippen LogP contribution in [-0.2, 0) is 9.84 Å². The molecule has 14 heteroatoms. The second kappa shape index (κ2) is 10.3. The number of aromatic nitrogens is 5. The van der Waals surface area contributed by atoms with Crippen LogP contribution in [0.2, 0.25) is 0 Å². The Morgan fingerprint density at radius 1 is 0.952 bits per heavy atom. The van der Waals surface area contributed by atoms with E-state index in [1.165, 1.54) is 41.2 Å². The minimum Gasteiger partial charge on any atom is -0.492 e. The fourth-order valence-corrected chi connectivity index (χ4v) is 4.98. The van der Waals surface area contributed by atoms with E-state index in [1.807, 2.05) is 24.3 Å². The summed E-state index contributed by atoms with van der Waals surface area (Å²) in [4.78, 5) is 35.7. The first-order chi connectivity index (χ1) is 20.2. The molecule has 42 heavy (non-hydrogen) atoms. The van der Waals surface area contributed by atoms with Gasteiger partial charge in [0, 0.05) is 35.4 Å². The van der Waals surface area contributed by atoms with Gasteiger partial charge in [-0.1, -0.05) is 24.3 Å². The molecule has 6 rings (SSSR count). The number of hydrogen-bond acceptors (Lipinski definition) is 9. The van der Waals surface area contributed by atoms with Gasteiger partial charge in [-0.3, -0.25) is 10.1 Å². The maximum absolute atomic E-state index is 13.1. The van der Waals surface area contributed by atoms with Crippen molar-refractivity contribution in [1.82, 2.24) is 24.7 Å². The lowest BCUT2D eigenvalue weighted by Crippen LogP contribution is -2.21. The van der Waals surface area contributed by atoms with Crippen molar-refractivity contribution in [1.29, 1.82) is 0 Å². The second-order valence-corrected chi connectivity index (χ2v) is 11.2. The van der Waals surface area contributed by atoms with Crippen molar-refractivity contribution in [3.8, 4) is 23.1 Å². The molecule has 13 nitrogen and oxygen atoms in total. The van der Waals surface area contributed by atoms with E-state index in [9.17, 15) is 23.1 Å². The summed E-state index contributed by atoms with van der Waals surface area (Å²) in [5.74, 6) is 0.679. The van der Waals surface area contributed by atoms with Crippen LogP contribution >= 0.6 is 0 Å². The van der Waals surface area contributed by atoms with Gasteiger partial charge in [0.25, 0.3) is 5.56 Å². The Balaban J connectivity index is 1.26. The maximum Gasteiger partial charge on any atom is 0.324 e. The van der Waals surface area contributed by atoms with Crippen LogP contribution in [-0.4, -0.2) is 50.5 Å². The quantitative estimate of drug-likeness (QED) is 0.223. The number of nitrogens with zero attached hydrogens (tertiary/aromatic N) is 4. The number of fused-ring (bicyclic) bond motifs is 2. The van der Waals surface area contributed by atoms with Gasteiger partial charge in [0.05, 0.1) is 22.5 Å². The van der Waals surface area contributed by atoms with Crippen molar-refractivity contribution >= 4 is 49.3 Å². The number of urea groups is 1. The van der Waals surface area contributed by atoms with Gasteiger partial charge in [-0.05, 0) is 36.4 Å². The summed E-state index contributed by atoms with van der Waals surface area (Å²) in [6.45, 7) is 0. The zero-order chi connectivity index (χ0) is 29.4. The zero-order valence-electron chi connectivity index (χ0n) is 21.8. The minimum absolute atomic E-state index is 0.123. The summed E-state index contributed by atoms with van der Waals surface area (Å²) >= 11 is 0. The van der Waals surface area contributed by atoms with Gasteiger partial charge in [-0.15, -0.1) is 5.10 Å². The van der Waals surface area contributed by atoms with Gasteiger partial charge in [0.1, 0.15) is 17.1 Å². The summed E-state index contributed by atoms with van der Waals surface area (Å²) in [6.07, 6.45) is 3.75. The molecule has 3 heterocycles. The first kappa shape index (κ1) is 26.5. The Hall–Kier alpha value is -5.76. The van der Waals surface area contributed by atoms with Crippen molar-refractivity contribution in [2.75, 3.05) is 16.9 Å². The van der Waals surface area contributed by atoms with Crippen LogP contribution < -0.4 is 20.9 Å². The summed E-state index contributed by atoms with van der Waals surface area (Å²) in [6, 6.07) is 18.8. The van der Waals surface area contributed by atoms with Gasteiger partial charge in [-0.25, -0.2) is 27.9 Å². The molecule has 0 saturated carbocycles. The second-order valence-electron chi connectivity index (χ2n) is 9.16. The molecule has 0 atom stereocenters. The topological polar surface area (TPSA) is 181 Å². The van der Waals surface area contributed by atoms with Gasteiger partial charge >= 0.3 is 6.03 Å². The first-order valence-corrected chi connectivity index (χ1v) is 14.3. The molecular weight excluding hydrogens is 562 g/mol. The smallest absolute Gasteiger partial charge is 0.324 e.